The summed E-state index contributed by atoms with van der Waals surface area (Å²) in [5, 5.41) is 9.05. The van der Waals surface area contributed by atoms with Gasteiger partial charge < -0.3 is 5.11 Å². The zero-order valence-electron chi connectivity index (χ0n) is 9.67. The van der Waals surface area contributed by atoms with Gasteiger partial charge in [0.2, 0.25) is 10.0 Å². The van der Waals surface area contributed by atoms with Gasteiger partial charge in [-0.1, -0.05) is 0 Å². The molecule has 0 fully saturated rings. The molecule has 0 aliphatic rings. The van der Waals surface area contributed by atoms with Crippen molar-refractivity contribution in [3.05, 3.63) is 0 Å². The summed E-state index contributed by atoms with van der Waals surface area (Å²) in [6.45, 7) is 3.17. The molecule has 0 aromatic carbocycles. The van der Waals surface area contributed by atoms with Crippen molar-refractivity contribution in [2.24, 2.45) is 0 Å². The van der Waals surface area contributed by atoms with Crippen molar-refractivity contribution >= 4 is 19.9 Å². The van der Waals surface area contributed by atoms with Crippen molar-refractivity contribution in [3.63, 3.8) is 0 Å². The van der Waals surface area contributed by atoms with Gasteiger partial charge in [0.25, 0.3) is 0 Å². The first-order valence-corrected chi connectivity index (χ1v) is 8.59. The van der Waals surface area contributed by atoms with Gasteiger partial charge in [-0.15, -0.1) is 0 Å². The van der Waals surface area contributed by atoms with Crippen LogP contribution in [0.25, 0.3) is 0 Å². The molecule has 6 nitrogen and oxygen atoms in total. The van der Waals surface area contributed by atoms with Crippen molar-refractivity contribution in [1.82, 2.24) is 4.72 Å². The molecule has 0 aliphatic heterocycles. The highest BCUT2D eigenvalue weighted by atomic mass is 32.2. The lowest BCUT2D eigenvalue weighted by Gasteiger charge is -2.15. The molecule has 16 heavy (non-hydrogen) atoms. The summed E-state index contributed by atoms with van der Waals surface area (Å²) < 4.78 is 46.8. The van der Waals surface area contributed by atoms with E-state index < -0.39 is 43.5 Å². The van der Waals surface area contributed by atoms with Crippen LogP contribution in [0.15, 0.2) is 0 Å². The van der Waals surface area contributed by atoms with E-state index in [-0.39, 0.29) is 6.42 Å². The second kappa shape index (κ2) is 5.95. The normalized spacial score (nSPS) is 17.0. The van der Waals surface area contributed by atoms with Gasteiger partial charge in [-0.05, 0) is 20.3 Å². The number of aliphatic hydroxyl groups excluding tert-OH is 1. The zero-order chi connectivity index (χ0) is 13.0. The van der Waals surface area contributed by atoms with Crippen LogP contribution in [0.2, 0.25) is 0 Å². The third-order valence-corrected chi connectivity index (χ3v) is 4.51. The Bertz CT molecular complexity index is 398. The van der Waals surface area contributed by atoms with Gasteiger partial charge >= 0.3 is 0 Å². The second-order valence-electron chi connectivity index (χ2n) is 4.05. The first kappa shape index (κ1) is 15.8. The molecule has 0 heterocycles. The predicted molar refractivity (Wildman–Crippen MR) is 62.4 cm³/mol. The van der Waals surface area contributed by atoms with Gasteiger partial charge in [-0.2, -0.15) is 0 Å². The van der Waals surface area contributed by atoms with Crippen molar-refractivity contribution in [2.75, 3.05) is 17.8 Å². The molecule has 2 unspecified atom stereocenters. The number of aliphatic hydroxyl groups is 1. The molecule has 0 spiro atoms. The van der Waals surface area contributed by atoms with Crippen LogP contribution >= 0.6 is 0 Å². The van der Waals surface area contributed by atoms with E-state index in [4.69, 9.17) is 5.11 Å². The molecule has 0 aromatic rings. The molecule has 2 atom stereocenters. The monoisotopic (exact) mass is 273 g/mol. The Labute approximate surface area is 97.0 Å². The van der Waals surface area contributed by atoms with Gasteiger partial charge in [0.1, 0.15) is 9.84 Å². The van der Waals surface area contributed by atoms with E-state index in [0.29, 0.717) is 0 Å². The lowest BCUT2D eigenvalue weighted by molar-refractivity contribution is 0.175. The van der Waals surface area contributed by atoms with E-state index in [1.54, 1.807) is 13.8 Å². The molecular formula is C8H19NO5S2. The Morgan fingerprint density at radius 3 is 2.00 bits per heavy atom. The Balaban J connectivity index is 4.26. The fraction of sp³-hybridized carbons (Fsp3) is 1.00. The Hall–Kier alpha value is -0.180. The largest absolute Gasteiger partial charge is 0.393 e. The average Bonchev–Trinajstić information content (AvgIpc) is 1.96. The first-order chi connectivity index (χ1) is 7.02. The van der Waals surface area contributed by atoms with Gasteiger partial charge in [-0.3, -0.25) is 0 Å². The highest BCUT2D eigenvalue weighted by Crippen LogP contribution is 1.99. The van der Waals surface area contributed by atoms with Gasteiger partial charge in [0.15, 0.2) is 0 Å². The van der Waals surface area contributed by atoms with E-state index in [2.05, 4.69) is 4.72 Å². The van der Waals surface area contributed by atoms with Crippen LogP contribution in [0.3, 0.4) is 0 Å². The summed E-state index contributed by atoms with van der Waals surface area (Å²) in [6.07, 6.45) is 0.674. The molecule has 0 saturated carbocycles. The SMILES string of the molecule is CC(O)CC(C)NS(=O)(=O)CCS(C)(=O)=O. The van der Waals surface area contributed by atoms with Gasteiger partial charge in [0, 0.05) is 12.3 Å². The average molecular weight is 273 g/mol. The maximum Gasteiger partial charge on any atom is 0.212 e. The summed E-state index contributed by atoms with van der Waals surface area (Å²) in [5.74, 6) is -0.848. The number of rotatable bonds is 7. The van der Waals surface area contributed by atoms with Crippen LogP contribution in [0.1, 0.15) is 20.3 Å². The van der Waals surface area contributed by atoms with Crippen LogP contribution in [0, 0.1) is 0 Å². The third kappa shape index (κ3) is 9.08. The van der Waals surface area contributed by atoms with Crippen molar-refractivity contribution in [2.45, 2.75) is 32.4 Å². The number of sulfone groups is 1. The molecule has 0 aromatic heterocycles. The summed E-state index contributed by atoms with van der Waals surface area (Å²) in [7, 11) is -6.88. The van der Waals surface area contributed by atoms with Crippen LogP contribution in [0.4, 0.5) is 0 Å². The van der Waals surface area contributed by atoms with E-state index in [0.717, 1.165) is 6.26 Å². The lowest BCUT2D eigenvalue weighted by atomic mass is 10.2. The standard InChI is InChI=1S/C8H19NO5S2/c1-7(6-8(2)10)9-16(13,14)5-4-15(3,11)12/h7-10H,4-6H2,1-3H3. The van der Waals surface area contributed by atoms with Crippen LogP contribution in [0.5, 0.6) is 0 Å². The van der Waals surface area contributed by atoms with E-state index in [1.807, 2.05) is 0 Å². The number of hydrogen-bond acceptors (Lipinski definition) is 5. The number of nitrogens with one attached hydrogen (secondary N) is 1. The molecular weight excluding hydrogens is 254 g/mol. The molecule has 0 saturated heterocycles. The van der Waals surface area contributed by atoms with Crippen molar-refractivity contribution < 1.29 is 21.9 Å². The van der Waals surface area contributed by atoms with Gasteiger partial charge in [0.05, 0.1) is 17.6 Å². The predicted octanol–water partition coefficient (Wildman–Crippen LogP) is -0.890. The Morgan fingerprint density at radius 1 is 1.12 bits per heavy atom. The van der Waals surface area contributed by atoms with Crippen molar-refractivity contribution in [3.8, 4) is 0 Å². The van der Waals surface area contributed by atoms with Crippen LogP contribution in [-0.2, 0) is 19.9 Å². The van der Waals surface area contributed by atoms with Crippen molar-refractivity contribution in [1.29, 1.82) is 0 Å². The Morgan fingerprint density at radius 2 is 1.62 bits per heavy atom. The number of hydrogen-bond donors (Lipinski definition) is 2. The number of sulfonamides is 1. The van der Waals surface area contributed by atoms with Crippen LogP contribution < -0.4 is 4.72 Å². The molecule has 2 N–H and O–H groups in total. The Kier molecular flexibility index (Phi) is 5.88. The maximum atomic E-state index is 11.4. The zero-order valence-corrected chi connectivity index (χ0v) is 11.3. The third-order valence-electron chi connectivity index (χ3n) is 1.80. The summed E-state index contributed by atoms with van der Waals surface area (Å²) >= 11 is 0. The fourth-order valence-electron chi connectivity index (χ4n) is 1.19. The molecule has 0 amide bonds. The minimum atomic E-state index is -3.60. The fourth-order valence-corrected chi connectivity index (χ4v) is 4.10. The minimum absolute atomic E-state index is 0.290. The first-order valence-electron chi connectivity index (χ1n) is 4.87. The maximum absolute atomic E-state index is 11.4. The van der Waals surface area contributed by atoms with Gasteiger partial charge in [-0.25, -0.2) is 21.6 Å². The highest BCUT2D eigenvalue weighted by molar-refractivity contribution is 7.93. The quantitative estimate of drug-likeness (QED) is 0.627. The smallest absolute Gasteiger partial charge is 0.212 e. The van der Waals surface area contributed by atoms with Crippen LogP contribution in [-0.4, -0.2) is 51.8 Å². The summed E-state index contributed by atoms with van der Waals surface area (Å²) in [4.78, 5) is 0. The molecule has 98 valence electrons. The molecule has 0 aliphatic carbocycles. The second-order valence-corrected chi connectivity index (χ2v) is 8.19. The van der Waals surface area contributed by atoms with E-state index >= 15 is 0 Å². The minimum Gasteiger partial charge on any atom is -0.393 e. The summed E-state index contributed by atoms with van der Waals surface area (Å²) in [5.41, 5.74) is 0. The summed E-state index contributed by atoms with van der Waals surface area (Å²) in [6, 6.07) is -0.412. The highest BCUT2D eigenvalue weighted by Gasteiger charge is 2.17. The topological polar surface area (TPSA) is 101 Å². The molecule has 8 heteroatoms. The molecule has 0 rings (SSSR count). The van der Waals surface area contributed by atoms with E-state index in [1.165, 1.54) is 0 Å². The lowest BCUT2D eigenvalue weighted by Crippen LogP contribution is -2.37. The molecule has 0 bridgehead atoms. The molecule has 0 radical (unpaired) electrons. The van der Waals surface area contributed by atoms with E-state index in [9.17, 15) is 16.8 Å².